The average Bonchev–Trinajstić information content (AvgIpc) is 2.74. The van der Waals surface area contributed by atoms with Gasteiger partial charge in [0.1, 0.15) is 0 Å². The highest BCUT2D eigenvalue weighted by molar-refractivity contribution is 6.33. The Balaban J connectivity index is 1.50. The molecule has 156 valence electrons. The largest absolute Gasteiger partial charge is 0.464 e. The van der Waals surface area contributed by atoms with E-state index in [1.807, 2.05) is 30.3 Å². The average molecular weight is 439 g/mol. The molecule has 7 nitrogen and oxygen atoms in total. The van der Waals surface area contributed by atoms with E-state index in [0.717, 1.165) is 44.0 Å². The minimum atomic E-state index is -0.707. The molecule has 1 unspecified atom stereocenters. The third kappa shape index (κ3) is 6.02. The van der Waals surface area contributed by atoms with Crippen LogP contribution in [0.5, 0.6) is 0 Å². The van der Waals surface area contributed by atoms with Crippen molar-refractivity contribution in [2.75, 3.05) is 50.8 Å². The van der Waals surface area contributed by atoms with Gasteiger partial charge in [0.25, 0.3) is 0 Å². The Morgan fingerprint density at radius 2 is 1.86 bits per heavy atom. The zero-order chi connectivity index (χ0) is 20.6. The first-order chi connectivity index (χ1) is 14.1. The van der Waals surface area contributed by atoms with E-state index in [1.165, 1.54) is 0 Å². The van der Waals surface area contributed by atoms with Crippen LogP contribution in [0.15, 0.2) is 36.4 Å². The molecule has 2 heterocycles. The van der Waals surface area contributed by atoms with E-state index in [-0.39, 0.29) is 5.97 Å². The number of carbonyl (C=O) groups is 1. The normalized spacial score (nSPS) is 15.9. The summed E-state index contributed by atoms with van der Waals surface area (Å²) in [7, 11) is 0. The van der Waals surface area contributed by atoms with E-state index in [0.29, 0.717) is 23.5 Å². The summed E-state index contributed by atoms with van der Waals surface area (Å²) in [5.74, 6) is -0.361. The van der Waals surface area contributed by atoms with Crippen molar-refractivity contribution < 1.29 is 14.3 Å². The number of hydrogen-bond acceptors (Lipinski definition) is 7. The van der Waals surface area contributed by atoms with Gasteiger partial charge in [0.2, 0.25) is 0 Å². The fourth-order valence-electron chi connectivity index (χ4n) is 3.22. The van der Waals surface area contributed by atoms with Crippen LogP contribution in [-0.2, 0) is 14.3 Å². The highest BCUT2D eigenvalue weighted by Gasteiger charge is 2.24. The zero-order valence-electron chi connectivity index (χ0n) is 16.3. The van der Waals surface area contributed by atoms with Crippen molar-refractivity contribution in [2.24, 2.45) is 0 Å². The van der Waals surface area contributed by atoms with Crippen molar-refractivity contribution >= 4 is 34.9 Å². The summed E-state index contributed by atoms with van der Waals surface area (Å²) in [6.07, 6.45) is -0.707. The molecule has 0 spiro atoms. The van der Waals surface area contributed by atoms with E-state index in [2.05, 4.69) is 20.0 Å². The highest BCUT2D eigenvalue weighted by Crippen LogP contribution is 2.26. The Hall–Kier alpha value is -1.93. The van der Waals surface area contributed by atoms with Crippen molar-refractivity contribution in [3.63, 3.8) is 0 Å². The number of anilines is 1. The second kappa shape index (κ2) is 10.7. The number of ether oxygens (including phenoxy) is 2. The van der Waals surface area contributed by atoms with Gasteiger partial charge in [-0.15, -0.1) is 10.2 Å². The smallest absolute Gasteiger partial charge is 0.339 e. The second-order valence-electron chi connectivity index (χ2n) is 6.59. The molecule has 0 bridgehead atoms. The number of piperazine rings is 1. The maximum absolute atomic E-state index is 12.3. The van der Waals surface area contributed by atoms with Gasteiger partial charge < -0.3 is 14.4 Å². The molecule has 1 aliphatic rings. The summed E-state index contributed by atoms with van der Waals surface area (Å²) in [6, 6.07) is 11.2. The molecule has 9 heteroatoms. The van der Waals surface area contributed by atoms with Crippen molar-refractivity contribution in [1.29, 1.82) is 0 Å². The highest BCUT2D eigenvalue weighted by atomic mass is 35.5. The van der Waals surface area contributed by atoms with E-state index in [1.54, 1.807) is 13.0 Å². The lowest BCUT2D eigenvalue weighted by molar-refractivity contribution is -0.157. The van der Waals surface area contributed by atoms with Gasteiger partial charge in [-0.1, -0.05) is 53.5 Å². The Morgan fingerprint density at radius 3 is 2.55 bits per heavy atom. The monoisotopic (exact) mass is 438 g/mol. The zero-order valence-corrected chi connectivity index (χ0v) is 17.8. The summed E-state index contributed by atoms with van der Waals surface area (Å²) in [4.78, 5) is 16.7. The van der Waals surface area contributed by atoms with Gasteiger partial charge >= 0.3 is 5.97 Å². The SMILES string of the molecule is CCOC(=O)C(OCCN1CCN(c2cc(Cl)nnc2Cl)CC1)c1ccccc1. The predicted octanol–water partition coefficient (Wildman–Crippen LogP) is 3.23. The van der Waals surface area contributed by atoms with Crippen LogP contribution in [0.2, 0.25) is 10.3 Å². The topological polar surface area (TPSA) is 67.8 Å². The van der Waals surface area contributed by atoms with Crippen molar-refractivity contribution in [1.82, 2.24) is 15.1 Å². The molecule has 2 aromatic rings. The van der Waals surface area contributed by atoms with Crippen LogP contribution in [-0.4, -0.2) is 67.0 Å². The third-order valence-corrected chi connectivity index (χ3v) is 5.16. The lowest BCUT2D eigenvalue weighted by Crippen LogP contribution is -2.47. The van der Waals surface area contributed by atoms with Crippen LogP contribution < -0.4 is 4.90 Å². The van der Waals surface area contributed by atoms with Crippen LogP contribution in [0.1, 0.15) is 18.6 Å². The fourth-order valence-corrected chi connectivity index (χ4v) is 3.58. The fraction of sp³-hybridized carbons (Fsp3) is 0.450. The van der Waals surface area contributed by atoms with Gasteiger partial charge in [-0.05, 0) is 12.5 Å². The molecule has 1 aromatic carbocycles. The number of hydrogen-bond donors (Lipinski definition) is 0. The molecular formula is C20H24Cl2N4O3. The van der Waals surface area contributed by atoms with Crippen LogP contribution in [0.3, 0.4) is 0 Å². The first-order valence-corrected chi connectivity index (χ1v) is 10.3. The summed E-state index contributed by atoms with van der Waals surface area (Å²) >= 11 is 12.1. The lowest BCUT2D eigenvalue weighted by atomic mass is 10.1. The van der Waals surface area contributed by atoms with Gasteiger partial charge in [0, 0.05) is 38.8 Å². The summed E-state index contributed by atoms with van der Waals surface area (Å²) in [5, 5.41) is 8.30. The molecule has 0 radical (unpaired) electrons. The van der Waals surface area contributed by atoms with E-state index < -0.39 is 6.10 Å². The number of benzene rings is 1. The summed E-state index contributed by atoms with van der Waals surface area (Å²) < 4.78 is 11.1. The molecule has 1 aromatic heterocycles. The van der Waals surface area contributed by atoms with E-state index in [4.69, 9.17) is 32.7 Å². The molecule has 0 amide bonds. The Labute approximate surface area is 180 Å². The molecular weight excluding hydrogens is 415 g/mol. The summed E-state index contributed by atoms with van der Waals surface area (Å²) in [5.41, 5.74) is 1.60. The predicted molar refractivity (Wildman–Crippen MR) is 112 cm³/mol. The third-order valence-electron chi connectivity index (χ3n) is 4.71. The molecule has 1 fully saturated rings. The minimum Gasteiger partial charge on any atom is -0.464 e. The van der Waals surface area contributed by atoms with Gasteiger partial charge in [0.05, 0.1) is 18.9 Å². The standard InChI is InChI=1S/C20H24Cl2N4O3/c1-2-28-20(27)18(15-6-4-3-5-7-15)29-13-12-25-8-10-26(11-9-25)16-14-17(21)23-24-19(16)22/h3-7,14,18H,2,8-13H2,1H3. The molecule has 0 aliphatic carbocycles. The summed E-state index contributed by atoms with van der Waals surface area (Å²) in [6.45, 7) is 6.54. The lowest BCUT2D eigenvalue weighted by Gasteiger charge is -2.36. The van der Waals surface area contributed by atoms with Crippen molar-refractivity contribution in [3.05, 3.63) is 52.3 Å². The first kappa shape index (κ1) is 21.8. The number of halogens is 2. The second-order valence-corrected chi connectivity index (χ2v) is 7.33. The Bertz CT molecular complexity index is 802. The van der Waals surface area contributed by atoms with Gasteiger partial charge in [0.15, 0.2) is 16.4 Å². The molecule has 1 aliphatic heterocycles. The molecule has 29 heavy (non-hydrogen) atoms. The first-order valence-electron chi connectivity index (χ1n) is 9.57. The van der Waals surface area contributed by atoms with Crippen molar-refractivity contribution in [3.8, 4) is 0 Å². The Morgan fingerprint density at radius 1 is 1.14 bits per heavy atom. The maximum atomic E-state index is 12.3. The Kier molecular flexibility index (Phi) is 8.06. The number of rotatable bonds is 8. The number of carbonyl (C=O) groups excluding carboxylic acids is 1. The van der Waals surface area contributed by atoms with Crippen LogP contribution >= 0.6 is 23.2 Å². The minimum absolute atomic E-state index is 0.323. The van der Waals surface area contributed by atoms with Crippen LogP contribution in [0, 0.1) is 0 Å². The van der Waals surface area contributed by atoms with Gasteiger partial charge in [-0.25, -0.2) is 4.79 Å². The number of esters is 1. The molecule has 1 atom stereocenters. The van der Waals surface area contributed by atoms with Crippen molar-refractivity contribution in [2.45, 2.75) is 13.0 Å². The number of aromatic nitrogens is 2. The number of nitrogens with zero attached hydrogens (tertiary/aromatic N) is 4. The quantitative estimate of drug-likeness (QED) is 0.585. The molecule has 0 saturated carbocycles. The van der Waals surface area contributed by atoms with Gasteiger partial charge in [-0.3, -0.25) is 4.90 Å². The van der Waals surface area contributed by atoms with E-state index >= 15 is 0 Å². The molecule has 0 N–H and O–H groups in total. The molecule has 3 rings (SSSR count). The maximum Gasteiger partial charge on any atom is 0.339 e. The van der Waals surface area contributed by atoms with Crippen LogP contribution in [0.25, 0.3) is 0 Å². The molecule has 1 saturated heterocycles. The van der Waals surface area contributed by atoms with E-state index in [9.17, 15) is 4.79 Å². The van der Waals surface area contributed by atoms with Crippen LogP contribution in [0.4, 0.5) is 5.69 Å². The van der Waals surface area contributed by atoms with Gasteiger partial charge in [-0.2, -0.15) is 0 Å².